The monoisotopic (exact) mass is 402 g/mol. The van der Waals surface area contributed by atoms with Gasteiger partial charge in [0.2, 0.25) is 0 Å². The van der Waals surface area contributed by atoms with Gasteiger partial charge in [0, 0.05) is 34.6 Å². The number of aliphatic hydroxyl groups excluding tert-OH is 1. The van der Waals surface area contributed by atoms with Gasteiger partial charge in [0.25, 0.3) is 0 Å². The number of aliphatic hydroxyl groups is 1. The summed E-state index contributed by atoms with van der Waals surface area (Å²) in [6.07, 6.45) is 0.465. The topological polar surface area (TPSA) is 63.6 Å². The number of ether oxygens (including phenoxy) is 1. The van der Waals surface area contributed by atoms with Crippen molar-refractivity contribution in [2.45, 2.75) is 33.3 Å². The Morgan fingerprint density at radius 1 is 1.21 bits per heavy atom. The van der Waals surface area contributed by atoms with Crippen molar-refractivity contribution in [2.75, 3.05) is 0 Å². The fraction of sp³-hybridized carbons (Fsp3) is 0.273. The predicted octanol–water partition coefficient (Wildman–Crippen LogP) is 5.20. The number of Topliss-reactive ketones (excluding diaryl/α,β-unsaturated/α-hetero) is 2. The van der Waals surface area contributed by atoms with E-state index in [1.807, 2.05) is 6.92 Å². The Balaban J connectivity index is 1.89. The number of carbonyl (C=O) groups excluding carboxylic acids is 2. The van der Waals surface area contributed by atoms with Crippen LogP contribution in [0.5, 0.6) is 5.75 Å². The molecule has 0 amide bonds. The summed E-state index contributed by atoms with van der Waals surface area (Å²) in [5.41, 5.74) is 1.09. The molecule has 146 valence electrons. The second-order valence-corrected chi connectivity index (χ2v) is 7.47. The summed E-state index contributed by atoms with van der Waals surface area (Å²) in [4.78, 5) is 24.6. The van der Waals surface area contributed by atoms with Gasteiger partial charge in [0.15, 0.2) is 11.6 Å². The molecule has 3 rings (SSSR count). The molecule has 1 saturated carbocycles. The average Bonchev–Trinajstić information content (AvgIpc) is 2.61. The van der Waals surface area contributed by atoms with Gasteiger partial charge in [-0.1, -0.05) is 36.7 Å². The third-order valence-corrected chi connectivity index (χ3v) is 5.03. The molecule has 0 atom stereocenters. The number of allylic oxidation sites excluding steroid dienone is 1. The highest BCUT2D eigenvalue weighted by molar-refractivity contribution is 6.30. The first-order chi connectivity index (χ1) is 13.3. The first kappa shape index (κ1) is 20.1. The minimum atomic E-state index is -0.473. The van der Waals surface area contributed by atoms with Crippen LogP contribution in [0.4, 0.5) is 4.39 Å². The second kappa shape index (κ2) is 8.15. The molecule has 1 fully saturated rings. The molecule has 1 aliphatic rings. The maximum absolute atomic E-state index is 13.9. The van der Waals surface area contributed by atoms with E-state index in [2.05, 4.69) is 0 Å². The van der Waals surface area contributed by atoms with E-state index in [4.69, 9.17) is 16.3 Å². The number of ketones is 2. The average molecular weight is 403 g/mol. The molecule has 0 spiro atoms. The Bertz CT molecular complexity index is 960. The van der Waals surface area contributed by atoms with Gasteiger partial charge in [-0.05, 0) is 31.0 Å². The quantitative estimate of drug-likeness (QED) is 0.433. The van der Waals surface area contributed by atoms with Crippen LogP contribution in [0.25, 0.3) is 5.76 Å². The number of halogens is 2. The van der Waals surface area contributed by atoms with Crippen molar-refractivity contribution in [3.63, 3.8) is 0 Å². The van der Waals surface area contributed by atoms with E-state index in [1.54, 1.807) is 31.2 Å². The van der Waals surface area contributed by atoms with Crippen LogP contribution in [-0.4, -0.2) is 16.7 Å². The molecule has 28 heavy (non-hydrogen) atoms. The third-order valence-electron chi connectivity index (χ3n) is 4.80. The van der Waals surface area contributed by atoms with Gasteiger partial charge < -0.3 is 9.84 Å². The lowest BCUT2D eigenvalue weighted by Crippen LogP contribution is -2.25. The van der Waals surface area contributed by atoms with Crippen LogP contribution in [-0.2, 0) is 16.2 Å². The van der Waals surface area contributed by atoms with Gasteiger partial charge in [-0.25, -0.2) is 4.39 Å². The predicted molar refractivity (Wildman–Crippen MR) is 105 cm³/mol. The van der Waals surface area contributed by atoms with Crippen LogP contribution in [0.1, 0.15) is 36.5 Å². The SMILES string of the molecule is Cc1c(OCc2ccc(Cl)cc2F)cccc1C(O)=C1C(=O)CC(C)CC1=O. The lowest BCUT2D eigenvalue weighted by Gasteiger charge is -2.20. The fourth-order valence-corrected chi connectivity index (χ4v) is 3.44. The molecule has 2 aromatic rings. The van der Waals surface area contributed by atoms with E-state index in [0.717, 1.165) is 0 Å². The lowest BCUT2D eigenvalue weighted by atomic mass is 9.83. The summed E-state index contributed by atoms with van der Waals surface area (Å²) in [6, 6.07) is 9.26. The highest BCUT2D eigenvalue weighted by Crippen LogP contribution is 2.32. The number of hydrogen-bond acceptors (Lipinski definition) is 4. The maximum atomic E-state index is 13.9. The molecule has 1 N–H and O–H groups in total. The zero-order chi connectivity index (χ0) is 20.4. The smallest absolute Gasteiger partial charge is 0.170 e. The van der Waals surface area contributed by atoms with Crippen LogP contribution in [0.2, 0.25) is 5.02 Å². The molecular weight excluding hydrogens is 383 g/mol. The molecule has 0 aliphatic heterocycles. The summed E-state index contributed by atoms with van der Waals surface area (Å²) in [5, 5.41) is 10.9. The molecule has 0 bridgehead atoms. The molecule has 0 aromatic heterocycles. The number of carbonyl (C=O) groups is 2. The van der Waals surface area contributed by atoms with E-state index >= 15 is 0 Å². The first-order valence-electron chi connectivity index (χ1n) is 8.94. The molecule has 2 aromatic carbocycles. The minimum Gasteiger partial charge on any atom is -0.506 e. The largest absolute Gasteiger partial charge is 0.506 e. The zero-order valence-corrected chi connectivity index (χ0v) is 16.3. The molecular formula is C22H20ClFO4. The van der Waals surface area contributed by atoms with Gasteiger partial charge in [-0.3, -0.25) is 9.59 Å². The van der Waals surface area contributed by atoms with Gasteiger partial charge in [0.05, 0.1) is 0 Å². The summed E-state index contributed by atoms with van der Waals surface area (Å²) < 4.78 is 19.6. The van der Waals surface area contributed by atoms with Gasteiger partial charge in [-0.2, -0.15) is 0 Å². The number of hydrogen-bond donors (Lipinski definition) is 1. The second-order valence-electron chi connectivity index (χ2n) is 7.04. The molecule has 1 aliphatic carbocycles. The van der Waals surface area contributed by atoms with Crippen molar-refractivity contribution in [3.8, 4) is 5.75 Å². The lowest BCUT2D eigenvalue weighted by molar-refractivity contribution is -0.125. The summed E-state index contributed by atoms with van der Waals surface area (Å²) in [5.74, 6) is -1.11. The molecule has 0 saturated heterocycles. The van der Waals surface area contributed by atoms with E-state index < -0.39 is 5.82 Å². The standard InChI is InChI=1S/C22H20ClFO4/c1-12-8-18(25)21(19(26)9-12)22(27)16-4-3-5-20(13(16)2)28-11-14-6-7-15(23)10-17(14)24/h3-7,10,12,27H,8-9,11H2,1-2H3. The fourth-order valence-electron chi connectivity index (χ4n) is 3.29. The third kappa shape index (κ3) is 4.09. The van der Waals surface area contributed by atoms with E-state index in [1.165, 1.54) is 12.1 Å². The minimum absolute atomic E-state index is 0.0263. The zero-order valence-electron chi connectivity index (χ0n) is 15.6. The van der Waals surface area contributed by atoms with E-state index in [0.29, 0.717) is 27.5 Å². The van der Waals surface area contributed by atoms with Crippen LogP contribution in [0.3, 0.4) is 0 Å². The van der Waals surface area contributed by atoms with Crippen LogP contribution >= 0.6 is 11.6 Å². The van der Waals surface area contributed by atoms with Crippen molar-refractivity contribution >= 4 is 28.9 Å². The van der Waals surface area contributed by atoms with E-state index in [-0.39, 0.29) is 48.3 Å². The molecule has 0 unspecified atom stereocenters. The Kier molecular flexibility index (Phi) is 5.84. The normalized spacial score (nSPS) is 17.0. The molecule has 4 nitrogen and oxygen atoms in total. The van der Waals surface area contributed by atoms with Crippen LogP contribution < -0.4 is 4.74 Å². The van der Waals surface area contributed by atoms with Crippen molar-refractivity contribution < 1.29 is 23.8 Å². The van der Waals surface area contributed by atoms with Gasteiger partial charge >= 0.3 is 0 Å². The van der Waals surface area contributed by atoms with E-state index in [9.17, 15) is 19.1 Å². The first-order valence-corrected chi connectivity index (χ1v) is 9.32. The summed E-state index contributed by atoms with van der Waals surface area (Å²) in [6.45, 7) is 3.51. The Morgan fingerprint density at radius 3 is 2.54 bits per heavy atom. The highest BCUT2D eigenvalue weighted by Gasteiger charge is 2.32. The van der Waals surface area contributed by atoms with Gasteiger partial charge in [0.1, 0.15) is 29.5 Å². The van der Waals surface area contributed by atoms with Crippen molar-refractivity contribution in [2.24, 2.45) is 5.92 Å². The van der Waals surface area contributed by atoms with Crippen molar-refractivity contribution in [1.29, 1.82) is 0 Å². The van der Waals surface area contributed by atoms with Gasteiger partial charge in [-0.15, -0.1) is 0 Å². The maximum Gasteiger partial charge on any atom is 0.170 e. The Labute approximate surface area is 167 Å². The Morgan fingerprint density at radius 2 is 1.89 bits per heavy atom. The molecule has 6 heteroatoms. The molecule has 0 heterocycles. The highest BCUT2D eigenvalue weighted by atomic mass is 35.5. The van der Waals surface area contributed by atoms with Crippen molar-refractivity contribution in [3.05, 3.63) is 69.5 Å². The Hall–Kier alpha value is -2.66. The number of rotatable bonds is 4. The van der Waals surface area contributed by atoms with Crippen LogP contribution in [0.15, 0.2) is 42.0 Å². The van der Waals surface area contributed by atoms with Crippen molar-refractivity contribution in [1.82, 2.24) is 0 Å². The summed E-state index contributed by atoms with van der Waals surface area (Å²) >= 11 is 5.75. The number of benzene rings is 2. The van der Waals surface area contributed by atoms with Crippen LogP contribution in [0, 0.1) is 18.7 Å². The summed E-state index contributed by atoms with van der Waals surface area (Å²) in [7, 11) is 0. The molecule has 0 radical (unpaired) electrons.